The third kappa shape index (κ3) is 5.29. The van der Waals surface area contributed by atoms with Gasteiger partial charge < -0.3 is 9.47 Å². The summed E-state index contributed by atoms with van der Waals surface area (Å²) in [6, 6.07) is 9.93. The Morgan fingerprint density at radius 2 is 1.63 bits per heavy atom. The van der Waals surface area contributed by atoms with Gasteiger partial charge in [-0.05, 0) is 51.2 Å². The van der Waals surface area contributed by atoms with E-state index in [2.05, 4.69) is 31.9 Å². The second kappa shape index (κ2) is 8.35. The summed E-state index contributed by atoms with van der Waals surface area (Å²) in [5.41, 5.74) is 3.49. The molecule has 0 unspecified atom stereocenters. The Kier molecular flexibility index (Phi) is 6.46. The summed E-state index contributed by atoms with van der Waals surface area (Å²) >= 11 is 0. The lowest BCUT2D eigenvalue weighted by atomic mass is 9.86. The van der Waals surface area contributed by atoms with Crippen molar-refractivity contribution in [2.45, 2.75) is 66.4 Å². The van der Waals surface area contributed by atoms with Gasteiger partial charge in [-0.15, -0.1) is 0 Å². The molecule has 0 aliphatic heterocycles. The van der Waals surface area contributed by atoms with Crippen molar-refractivity contribution in [3.63, 3.8) is 0 Å². The highest BCUT2D eigenvalue weighted by Gasteiger charge is 2.26. The highest BCUT2D eigenvalue weighted by Crippen LogP contribution is 2.32. The van der Waals surface area contributed by atoms with Crippen molar-refractivity contribution >= 4 is 17.5 Å². The highest BCUT2D eigenvalue weighted by molar-refractivity contribution is 5.97. The highest BCUT2D eigenvalue weighted by atomic mass is 16.7. The van der Waals surface area contributed by atoms with Gasteiger partial charge in [-0.2, -0.15) is 10.4 Å². The van der Waals surface area contributed by atoms with Crippen LogP contribution < -0.4 is 0 Å². The minimum atomic E-state index is -0.866. The van der Waals surface area contributed by atoms with Crippen LogP contribution in [0.5, 0.6) is 0 Å². The fourth-order valence-corrected chi connectivity index (χ4v) is 3.04. The zero-order valence-electron chi connectivity index (χ0n) is 19.4. The molecular weight excluding hydrogens is 378 g/mol. The quantitative estimate of drug-likeness (QED) is 0.370. The Balaban J connectivity index is 2.67. The number of aryl methyl sites for hydroxylation is 2. The summed E-state index contributed by atoms with van der Waals surface area (Å²) in [5, 5.41) is 14.4. The molecule has 30 heavy (non-hydrogen) atoms. The fourth-order valence-electron chi connectivity index (χ4n) is 3.04. The number of aromatic nitrogens is 2. The molecule has 0 radical (unpaired) electrons. The maximum Gasteiger partial charge on any atom is 0.514 e. The second-order valence-corrected chi connectivity index (χ2v) is 9.39. The standard InChI is InChI=1S/C24H31N3O3/c1-15-16(2)26-27(9)20(15)21(29-22(28)30-24(6,7)8)19(14-25)17-10-12-18(13-11-17)23(3,4)5/h10-13H,1-9H3/b21-19-. The van der Waals surface area contributed by atoms with Crippen molar-refractivity contribution in [3.8, 4) is 6.07 Å². The van der Waals surface area contributed by atoms with Gasteiger partial charge in [0.15, 0.2) is 5.76 Å². The monoisotopic (exact) mass is 409 g/mol. The first kappa shape index (κ1) is 23.2. The van der Waals surface area contributed by atoms with Crippen molar-refractivity contribution in [3.05, 3.63) is 52.3 Å². The Bertz CT molecular complexity index is 1010. The lowest BCUT2D eigenvalue weighted by molar-refractivity contribution is 0.0147. The van der Waals surface area contributed by atoms with E-state index in [1.165, 1.54) is 0 Å². The molecule has 0 spiro atoms. The van der Waals surface area contributed by atoms with Gasteiger partial charge in [-0.1, -0.05) is 45.0 Å². The van der Waals surface area contributed by atoms with Crippen molar-refractivity contribution in [1.82, 2.24) is 9.78 Å². The number of hydrogen-bond donors (Lipinski definition) is 0. The van der Waals surface area contributed by atoms with Crippen LogP contribution in [0.2, 0.25) is 0 Å². The van der Waals surface area contributed by atoms with E-state index >= 15 is 0 Å². The molecular formula is C24H31N3O3. The third-order valence-electron chi connectivity index (χ3n) is 4.69. The lowest BCUT2D eigenvalue weighted by Crippen LogP contribution is -2.24. The summed E-state index contributed by atoms with van der Waals surface area (Å²) in [5.74, 6) is 0.135. The number of hydrogen-bond acceptors (Lipinski definition) is 5. The maximum absolute atomic E-state index is 12.5. The van der Waals surface area contributed by atoms with E-state index in [4.69, 9.17) is 9.47 Å². The van der Waals surface area contributed by atoms with Crippen LogP contribution in [0.15, 0.2) is 24.3 Å². The molecule has 0 N–H and O–H groups in total. The molecule has 0 aliphatic carbocycles. The lowest BCUT2D eigenvalue weighted by Gasteiger charge is -2.21. The molecule has 160 valence electrons. The summed E-state index contributed by atoms with van der Waals surface area (Å²) < 4.78 is 12.6. The average Bonchev–Trinajstić information content (AvgIpc) is 2.85. The molecule has 6 heteroatoms. The Hall–Kier alpha value is -3.07. The number of benzene rings is 1. The predicted octanol–water partition coefficient (Wildman–Crippen LogP) is 5.68. The van der Waals surface area contributed by atoms with Crippen LogP contribution in [-0.2, 0) is 21.9 Å². The maximum atomic E-state index is 12.5. The van der Waals surface area contributed by atoms with Crippen LogP contribution in [0.25, 0.3) is 11.3 Å². The summed E-state index contributed by atoms with van der Waals surface area (Å²) in [7, 11) is 1.76. The van der Waals surface area contributed by atoms with E-state index in [1.54, 1.807) is 32.5 Å². The van der Waals surface area contributed by atoms with Crippen molar-refractivity contribution < 1.29 is 14.3 Å². The Morgan fingerprint density at radius 1 is 1.07 bits per heavy atom. The van der Waals surface area contributed by atoms with Gasteiger partial charge in [0.2, 0.25) is 0 Å². The predicted molar refractivity (Wildman–Crippen MR) is 118 cm³/mol. The molecule has 1 aromatic heterocycles. The molecule has 0 saturated carbocycles. The number of carbonyl (C=O) groups is 1. The Morgan fingerprint density at radius 3 is 2.03 bits per heavy atom. The first-order chi connectivity index (χ1) is 13.7. The molecule has 0 amide bonds. The number of allylic oxidation sites excluding steroid dienone is 1. The van der Waals surface area contributed by atoms with E-state index in [-0.39, 0.29) is 16.7 Å². The van der Waals surface area contributed by atoms with Crippen LogP contribution in [0.4, 0.5) is 4.79 Å². The van der Waals surface area contributed by atoms with Crippen molar-refractivity contribution in [2.75, 3.05) is 0 Å². The van der Waals surface area contributed by atoms with Gasteiger partial charge in [0.25, 0.3) is 0 Å². The van der Waals surface area contributed by atoms with Crippen molar-refractivity contribution in [1.29, 1.82) is 5.26 Å². The molecule has 0 atom stereocenters. The van der Waals surface area contributed by atoms with Crippen LogP contribution in [0.3, 0.4) is 0 Å². The minimum absolute atomic E-state index is 0.0133. The molecule has 1 aromatic carbocycles. The Labute approximate surface area is 179 Å². The molecule has 6 nitrogen and oxygen atoms in total. The molecule has 0 bridgehead atoms. The fraction of sp³-hybridized carbons (Fsp3) is 0.458. The van der Waals surface area contributed by atoms with E-state index in [1.807, 2.05) is 38.1 Å². The normalized spacial score (nSPS) is 12.8. The smallest absolute Gasteiger partial charge is 0.428 e. The summed E-state index contributed by atoms with van der Waals surface area (Å²) in [4.78, 5) is 12.5. The second-order valence-electron chi connectivity index (χ2n) is 9.39. The first-order valence-corrected chi connectivity index (χ1v) is 9.91. The largest absolute Gasteiger partial charge is 0.514 e. The van der Waals surface area contributed by atoms with Gasteiger partial charge in [0.05, 0.1) is 5.69 Å². The molecule has 0 aliphatic rings. The van der Waals surface area contributed by atoms with Gasteiger partial charge in [0.1, 0.15) is 22.9 Å². The number of nitriles is 1. The molecule has 2 rings (SSSR count). The van der Waals surface area contributed by atoms with Gasteiger partial charge in [-0.3, -0.25) is 4.68 Å². The van der Waals surface area contributed by atoms with Gasteiger partial charge in [-0.25, -0.2) is 4.79 Å². The zero-order valence-corrected chi connectivity index (χ0v) is 19.4. The van der Waals surface area contributed by atoms with E-state index < -0.39 is 11.8 Å². The number of ether oxygens (including phenoxy) is 2. The first-order valence-electron chi connectivity index (χ1n) is 9.91. The molecule has 0 fully saturated rings. The summed E-state index contributed by atoms with van der Waals surface area (Å²) in [6.45, 7) is 15.4. The van der Waals surface area contributed by atoms with Crippen LogP contribution in [0, 0.1) is 25.2 Å². The van der Waals surface area contributed by atoms with Crippen LogP contribution in [-0.4, -0.2) is 21.5 Å². The van der Waals surface area contributed by atoms with E-state index in [9.17, 15) is 10.1 Å². The van der Waals surface area contributed by atoms with Crippen molar-refractivity contribution in [2.24, 2.45) is 7.05 Å². The molecule has 1 heterocycles. The molecule has 0 saturated heterocycles. The number of rotatable bonds is 3. The average molecular weight is 410 g/mol. The topological polar surface area (TPSA) is 77.1 Å². The number of nitrogens with zero attached hydrogens (tertiary/aromatic N) is 3. The van der Waals surface area contributed by atoms with E-state index in [0.717, 1.165) is 16.8 Å². The number of carbonyl (C=O) groups excluding carboxylic acids is 1. The SMILES string of the molecule is Cc1nn(C)c(/C(OC(=O)OC(C)(C)C)=C(\C#N)c2ccc(C(C)(C)C)cc2)c1C. The van der Waals surface area contributed by atoms with Gasteiger partial charge in [0, 0.05) is 12.6 Å². The third-order valence-corrected chi connectivity index (χ3v) is 4.69. The van der Waals surface area contributed by atoms with Gasteiger partial charge >= 0.3 is 6.16 Å². The van der Waals surface area contributed by atoms with E-state index in [0.29, 0.717) is 11.3 Å². The van der Waals surface area contributed by atoms with Crippen LogP contribution in [0.1, 0.15) is 69.6 Å². The van der Waals surface area contributed by atoms with Crippen LogP contribution >= 0.6 is 0 Å². The minimum Gasteiger partial charge on any atom is -0.428 e. The zero-order chi connectivity index (χ0) is 22.9. The summed E-state index contributed by atoms with van der Waals surface area (Å²) in [6.07, 6.45) is -0.866. The molecule has 2 aromatic rings.